The first-order valence-electron chi connectivity index (χ1n) is 8.64. The van der Waals surface area contributed by atoms with E-state index in [4.69, 9.17) is 12.2 Å². The molecule has 4 rings (SSSR count). The van der Waals surface area contributed by atoms with Crippen molar-refractivity contribution in [3.8, 4) is 5.69 Å². The number of nitrogens with zero attached hydrogens (tertiary/aromatic N) is 4. The normalized spacial score (nSPS) is 10.6. The van der Waals surface area contributed by atoms with Crippen LogP contribution >= 0.6 is 12.2 Å². The number of pyridine rings is 1. The van der Waals surface area contributed by atoms with E-state index in [2.05, 4.69) is 33.0 Å². The van der Waals surface area contributed by atoms with Gasteiger partial charge in [0, 0.05) is 17.3 Å². The van der Waals surface area contributed by atoms with Crippen molar-refractivity contribution in [2.45, 2.75) is 6.54 Å². The summed E-state index contributed by atoms with van der Waals surface area (Å²) >= 11 is 5.11. The van der Waals surface area contributed by atoms with Gasteiger partial charge in [0.25, 0.3) is 5.91 Å². The molecular weight excluding hydrogens is 372 g/mol. The molecule has 0 radical (unpaired) electrons. The molecule has 2 aromatic carbocycles. The molecule has 2 aromatic heterocycles. The third-order valence-corrected chi connectivity index (χ3v) is 4.43. The number of benzene rings is 2. The molecule has 7 nitrogen and oxygen atoms in total. The second kappa shape index (κ2) is 7.93. The summed E-state index contributed by atoms with van der Waals surface area (Å²) in [5.41, 5.74) is 3.13. The number of nitrogens with one attached hydrogen (secondary N) is 2. The summed E-state index contributed by atoms with van der Waals surface area (Å²) < 4.78 is 3.85. The Morgan fingerprint density at radius 3 is 2.75 bits per heavy atom. The largest absolute Gasteiger partial charge is 0.322 e. The summed E-state index contributed by atoms with van der Waals surface area (Å²) in [5.74, 6) is -0.189. The number of anilines is 1. The van der Waals surface area contributed by atoms with E-state index < -0.39 is 0 Å². The molecule has 138 valence electrons. The van der Waals surface area contributed by atoms with Gasteiger partial charge in [-0.05, 0) is 36.5 Å². The van der Waals surface area contributed by atoms with Crippen LogP contribution in [0.15, 0.2) is 79.1 Å². The van der Waals surface area contributed by atoms with Gasteiger partial charge in [-0.25, -0.2) is 4.68 Å². The van der Waals surface area contributed by atoms with Crippen LogP contribution in [0.2, 0.25) is 0 Å². The highest BCUT2D eigenvalue weighted by atomic mass is 32.1. The Labute approximate surface area is 166 Å². The molecule has 0 bridgehead atoms. The number of tetrazole rings is 1. The summed E-state index contributed by atoms with van der Waals surface area (Å²) in [5, 5.41) is 13.0. The average Bonchev–Trinajstić information content (AvgIpc) is 3.15. The first kappa shape index (κ1) is 17.7. The number of carbonyl (C=O) groups is 1. The van der Waals surface area contributed by atoms with Crippen molar-refractivity contribution in [1.82, 2.24) is 20.2 Å². The SMILES string of the molecule is O=C(Nc1cccc(-n2[nH]nnc2=S)c1)c1ccc[n+](Cc2ccccc2)c1. The third kappa shape index (κ3) is 4.02. The molecule has 0 saturated heterocycles. The lowest BCUT2D eigenvalue weighted by atomic mass is 10.2. The van der Waals surface area contributed by atoms with Crippen LogP contribution in [0, 0.1) is 4.77 Å². The lowest BCUT2D eigenvalue weighted by Crippen LogP contribution is -2.34. The molecule has 1 amide bonds. The minimum Gasteiger partial charge on any atom is -0.322 e. The van der Waals surface area contributed by atoms with Crippen molar-refractivity contribution in [2.75, 3.05) is 5.32 Å². The van der Waals surface area contributed by atoms with Crippen LogP contribution in [0.1, 0.15) is 15.9 Å². The van der Waals surface area contributed by atoms with E-state index in [9.17, 15) is 4.79 Å². The van der Waals surface area contributed by atoms with Crippen LogP contribution in [0.25, 0.3) is 5.69 Å². The van der Waals surface area contributed by atoms with Gasteiger partial charge < -0.3 is 5.32 Å². The molecular formula is C20H17N6OS+. The monoisotopic (exact) mass is 389 g/mol. The fraction of sp³-hybridized carbons (Fsp3) is 0.0500. The topological polar surface area (TPSA) is 79.5 Å². The second-order valence-electron chi connectivity index (χ2n) is 6.17. The van der Waals surface area contributed by atoms with Gasteiger partial charge in [0.2, 0.25) is 4.77 Å². The molecule has 0 atom stereocenters. The quantitative estimate of drug-likeness (QED) is 0.406. The minimum absolute atomic E-state index is 0.189. The number of rotatable bonds is 5. The van der Waals surface area contributed by atoms with Crippen LogP contribution in [-0.2, 0) is 6.54 Å². The van der Waals surface area contributed by atoms with Crippen molar-refractivity contribution in [3.63, 3.8) is 0 Å². The van der Waals surface area contributed by atoms with E-state index in [1.165, 1.54) is 5.56 Å². The van der Waals surface area contributed by atoms with Gasteiger partial charge in [-0.1, -0.05) is 46.7 Å². The summed E-state index contributed by atoms with van der Waals surface area (Å²) in [6.07, 6.45) is 3.78. The van der Waals surface area contributed by atoms with Crippen molar-refractivity contribution in [1.29, 1.82) is 0 Å². The number of aromatic amines is 1. The van der Waals surface area contributed by atoms with Crippen LogP contribution in [-0.4, -0.2) is 26.1 Å². The van der Waals surface area contributed by atoms with Crippen molar-refractivity contribution < 1.29 is 9.36 Å². The van der Waals surface area contributed by atoms with E-state index in [-0.39, 0.29) is 5.91 Å². The molecule has 28 heavy (non-hydrogen) atoms. The maximum Gasteiger partial charge on any atom is 0.261 e. The van der Waals surface area contributed by atoms with Gasteiger partial charge in [0.1, 0.15) is 5.56 Å². The van der Waals surface area contributed by atoms with Crippen LogP contribution in [0.4, 0.5) is 5.69 Å². The number of amides is 1. The average molecular weight is 389 g/mol. The number of hydrogen-bond acceptors (Lipinski definition) is 4. The fourth-order valence-corrected chi connectivity index (χ4v) is 3.03. The summed E-state index contributed by atoms with van der Waals surface area (Å²) in [6.45, 7) is 0.697. The Morgan fingerprint density at radius 1 is 1.11 bits per heavy atom. The highest BCUT2D eigenvalue weighted by Gasteiger charge is 2.12. The second-order valence-corrected chi connectivity index (χ2v) is 6.54. The van der Waals surface area contributed by atoms with Crippen LogP contribution < -0.4 is 9.88 Å². The lowest BCUT2D eigenvalue weighted by molar-refractivity contribution is -0.688. The zero-order valence-electron chi connectivity index (χ0n) is 14.8. The Bertz CT molecular complexity index is 1170. The van der Waals surface area contributed by atoms with Gasteiger partial charge >= 0.3 is 0 Å². The van der Waals surface area contributed by atoms with Crippen molar-refractivity contribution in [3.05, 3.63) is 95.0 Å². The molecule has 0 aliphatic carbocycles. The van der Waals surface area contributed by atoms with E-state index in [0.29, 0.717) is 22.6 Å². The molecule has 0 saturated carbocycles. The smallest absolute Gasteiger partial charge is 0.261 e. The zero-order valence-corrected chi connectivity index (χ0v) is 15.6. The molecule has 4 aromatic rings. The molecule has 0 spiro atoms. The van der Waals surface area contributed by atoms with E-state index in [1.54, 1.807) is 16.8 Å². The van der Waals surface area contributed by atoms with Crippen molar-refractivity contribution >= 4 is 23.8 Å². The number of aromatic nitrogens is 5. The zero-order chi connectivity index (χ0) is 19.3. The summed E-state index contributed by atoms with van der Waals surface area (Å²) in [6, 6.07) is 21.0. The molecule has 0 aliphatic heterocycles. The predicted molar refractivity (Wildman–Crippen MR) is 107 cm³/mol. The lowest BCUT2D eigenvalue weighted by Gasteiger charge is -2.07. The number of carbonyl (C=O) groups excluding carboxylic acids is 1. The molecule has 2 N–H and O–H groups in total. The molecule has 8 heteroatoms. The van der Waals surface area contributed by atoms with Gasteiger partial charge in [-0.2, -0.15) is 9.78 Å². The number of hydrogen-bond donors (Lipinski definition) is 2. The van der Waals surface area contributed by atoms with Gasteiger partial charge in [-0.3, -0.25) is 4.79 Å². The molecule has 2 heterocycles. The van der Waals surface area contributed by atoms with Crippen LogP contribution in [0.5, 0.6) is 0 Å². The minimum atomic E-state index is -0.189. The number of H-pyrrole nitrogens is 1. The molecule has 0 aliphatic rings. The van der Waals surface area contributed by atoms with Gasteiger partial charge in [0.05, 0.1) is 5.69 Å². The highest BCUT2D eigenvalue weighted by Crippen LogP contribution is 2.15. The van der Waals surface area contributed by atoms with Crippen molar-refractivity contribution in [2.24, 2.45) is 0 Å². The highest BCUT2D eigenvalue weighted by molar-refractivity contribution is 7.71. The standard InChI is InChI=1S/C20H16N6OS/c27-19(16-8-5-11-25(14-16)13-15-6-2-1-3-7-15)21-17-9-4-10-18(12-17)26-20(28)22-23-24-26/h1-12,14H,13H2,(H-,21,22,24,27,28)/p+1. The van der Waals surface area contributed by atoms with Gasteiger partial charge in [-0.15, -0.1) is 0 Å². The fourth-order valence-electron chi connectivity index (χ4n) is 2.84. The van der Waals surface area contributed by atoms with E-state index in [1.807, 2.05) is 59.4 Å². The molecule has 0 fully saturated rings. The Balaban J connectivity index is 1.52. The first-order valence-corrected chi connectivity index (χ1v) is 9.05. The maximum absolute atomic E-state index is 12.7. The summed E-state index contributed by atoms with van der Waals surface area (Å²) in [4.78, 5) is 12.7. The predicted octanol–water partition coefficient (Wildman–Crippen LogP) is 2.91. The third-order valence-electron chi connectivity index (χ3n) is 4.16. The molecule has 0 unspecified atom stereocenters. The summed E-state index contributed by atoms with van der Waals surface area (Å²) in [7, 11) is 0. The van der Waals surface area contributed by atoms with Crippen LogP contribution in [0.3, 0.4) is 0 Å². The first-order chi connectivity index (χ1) is 13.7. The van der Waals surface area contributed by atoms with E-state index in [0.717, 1.165) is 5.69 Å². The Hall–Kier alpha value is -3.65. The van der Waals surface area contributed by atoms with Gasteiger partial charge in [0.15, 0.2) is 18.9 Å². The van der Waals surface area contributed by atoms with E-state index >= 15 is 0 Å². The maximum atomic E-state index is 12.7. The Kier molecular flexibility index (Phi) is 5.03. The Morgan fingerprint density at radius 2 is 1.96 bits per heavy atom.